The van der Waals surface area contributed by atoms with Crippen LogP contribution in [0.4, 0.5) is 24.5 Å². The Labute approximate surface area is 168 Å². The van der Waals surface area contributed by atoms with Crippen LogP contribution in [-0.4, -0.2) is 30.2 Å². The van der Waals surface area contributed by atoms with Gasteiger partial charge in [-0.1, -0.05) is 18.7 Å². The molecule has 7 heteroatoms. The van der Waals surface area contributed by atoms with Gasteiger partial charge in [0.05, 0.1) is 11.4 Å². The van der Waals surface area contributed by atoms with Crippen molar-refractivity contribution in [2.24, 2.45) is 0 Å². The number of likely N-dealkylation sites (N-methyl/N-ethyl adjacent to an activating group) is 1. The Morgan fingerprint density at radius 2 is 1.97 bits per heavy atom. The molecule has 1 fully saturated rings. The summed E-state index contributed by atoms with van der Waals surface area (Å²) >= 11 is 0. The number of nitrogens with one attached hydrogen (secondary N) is 2. The van der Waals surface area contributed by atoms with Gasteiger partial charge in [0, 0.05) is 23.0 Å². The summed E-state index contributed by atoms with van der Waals surface area (Å²) < 4.78 is 40.8. The first-order valence-electron chi connectivity index (χ1n) is 9.23. The monoisotopic (exact) mass is 400 g/mol. The van der Waals surface area contributed by atoms with Crippen LogP contribution < -0.4 is 11.1 Å². The molecule has 1 heterocycles. The molecule has 29 heavy (non-hydrogen) atoms. The largest absolute Gasteiger partial charge is 0.398 e. The molecule has 0 radical (unpaired) electrons. The zero-order valence-electron chi connectivity index (χ0n) is 16.1. The average Bonchev–Trinajstić information content (AvgIpc) is 3.10. The van der Waals surface area contributed by atoms with Crippen LogP contribution in [0.5, 0.6) is 0 Å². The molecule has 2 aromatic carbocycles. The molecule has 1 saturated heterocycles. The summed E-state index contributed by atoms with van der Waals surface area (Å²) in [6, 6.07) is 6.17. The summed E-state index contributed by atoms with van der Waals surface area (Å²) in [4.78, 5) is 2.15. The number of allylic oxidation sites excluding steroid dienone is 1. The standard InChI is InChI=1S/C22H23F3N4/c1-13(22-4-3-9-29(22)2)28-21-11-15(20(27)12-18(21)25)19(26)8-6-14-5-7-16(23)17(24)10-14/h5-8,10-12,22,26,28H,1,3-4,9,27H2,2H3/b8-6+,26-19?. The molecule has 4 N–H and O–H groups in total. The van der Waals surface area contributed by atoms with Crippen molar-refractivity contribution in [2.45, 2.75) is 18.9 Å². The van der Waals surface area contributed by atoms with E-state index in [1.165, 1.54) is 24.3 Å². The van der Waals surface area contributed by atoms with E-state index in [4.69, 9.17) is 11.1 Å². The Balaban J connectivity index is 1.80. The fourth-order valence-electron chi connectivity index (χ4n) is 3.41. The number of nitrogens with two attached hydrogens (primary N) is 1. The SMILES string of the molecule is C=C(Nc1cc(C(=N)/C=C/c2ccc(F)c(F)c2)c(N)cc1F)C1CCCN1C. The molecule has 2 aromatic rings. The summed E-state index contributed by atoms with van der Waals surface area (Å²) in [5, 5.41) is 11.3. The number of hydrogen-bond donors (Lipinski definition) is 3. The molecule has 152 valence electrons. The van der Waals surface area contributed by atoms with E-state index in [1.54, 1.807) is 0 Å². The highest BCUT2D eigenvalue weighted by molar-refractivity contribution is 6.12. The zero-order valence-corrected chi connectivity index (χ0v) is 16.1. The number of halogens is 3. The van der Waals surface area contributed by atoms with E-state index in [1.807, 2.05) is 7.05 Å². The third-order valence-corrected chi connectivity index (χ3v) is 5.03. The van der Waals surface area contributed by atoms with E-state index < -0.39 is 17.5 Å². The number of rotatable bonds is 6. The van der Waals surface area contributed by atoms with Gasteiger partial charge in [-0.15, -0.1) is 0 Å². The van der Waals surface area contributed by atoms with Gasteiger partial charge in [-0.2, -0.15) is 0 Å². The number of anilines is 2. The molecular weight excluding hydrogens is 377 g/mol. The molecule has 0 spiro atoms. The predicted octanol–water partition coefficient (Wildman–Crippen LogP) is 4.79. The normalized spacial score (nSPS) is 17.0. The van der Waals surface area contributed by atoms with Crippen LogP contribution in [0.15, 0.2) is 48.7 Å². The Morgan fingerprint density at radius 3 is 2.62 bits per heavy atom. The Bertz CT molecular complexity index is 984. The second kappa shape index (κ2) is 8.53. The van der Waals surface area contributed by atoms with Crippen molar-refractivity contribution in [3.8, 4) is 0 Å². The molecule has 0 aliphatic carbocycles. The Kier molecular flexibility index (Phi) is 6.08. The number of likely N-dealkylation sites (tertiary alicyclic amines) is 1. The summed E-state index contributed by atoms with van der Waals surface area (Å²) in [6.07, 6.45) is 4.86. The lowest BCUT2D eigenvalue weighted by atomic mass is 10.0. The molecule has 0 aromatic heterocycles. The molecule has 1 atom stereocenters. The van der Waals surface area contributed by atoms with E-state index in [9.17, 15) is 13.2 Å². The van der Waals surface area contributed by atoms with Crippen LogP contribution in [0.3, 0.4) is 0 Å². The quantitative estimate of drug-likeness (QED) is 0.483. The number of hydrogen-bond acceptors (Lipinski definition) is 4. The van der Waals surface area contributed by atoms with Crippen molar-refractivity contribution in [3.05, 3.63) is 77.3 Å². The maximum Gasteiger partial charge on any atom is 0.159 e. The van der Waals surface area contributed by atoms with Crippen LogP contribution in [0.25, 0.3) is 6.08 Å². The van der Waals surface area contributed by atoms with E-state index in [2.05, 4.69) is 16.8 Å². The topological polar surface area (TPSA) is 65.1 Å². The van der Waals surface area contributed by atoms with Crippen molar-refractivity contribution in [1.82, 2.24) is 4.90 Å². The minimum Gasteiger partial charge on any atom is -0.398 e. The van der Waals surface area contributed by atoms with Gasteiger partial charge >= 0.3 is 0 Å². The smallest absolute Gasteiger partial charge is 0.159 e. The predicted molar refractivity (Wildman–Crippen MR) is 111 cm³/mol. The van der Waals surface area contributed by atoms with Crippen molar-refractivity contribution >= 4 is 23.2 Å². The van der Waals surface area contributed by atoms with E-state index in [0.717, 1.165) is 37.6 Å². The van der Waals surface area contributed by atoms with Crippen LogP contribution in [0.1, 0.15) is 24.0 Å². The summed E-state index contributed by atoms with van der Waals surface area (Å²) in [5.74, 6) is -2.45. The summed E-state index contributed by atoms with van der Waals surface area (Å²) in [6.45, 7) is 4.99. The summed E-state index contributed by atoms with van der Waals surface area (Å²) in [7, 11) is 1.99. The van der Waals surface area contributed by atoms with Gasteiger partial charge in [0.2, 0.25) is 0 Å². The Morgan fingerprint density at radius 1 is 1.21 bits per heavy atom. The maximum atomic E-state index is 14.4. The Hall–Kier alpha value is -3.06. The number of nitrogens with zero attached hydrogens (tertiary/aromatic N) is 1. The van der Waals surface area contributed by atoms with Gasteiger partial charge < -0.3 is 16.5 Å². The number of nitrogen functional groups attached to an aromatic ring is 1. The lowest BCUT2D eigenvalue weighted by molar-refractivity contribution is 0.346. The first kappa shape index (κ1) is 20.7. The molecule has 0 saturated carbocycles. The second-order valence-electron chi connectivity index (χ2n) is 7.13. The van der Waals surface area contributed by atoms with E-state index in [0.29, 0.717) is 16.8 Å². The minimum atomic E-state index is -0.971. The average molecular weight is 400 g/mol. The maximum absolute atomic E-state index is 14.4. The second-order valence-corrected chi connectivity index (χ2v) is 7.13. The van der Waals surface area contributed by atoms with E-state index in [-0.39, 0.29) is 23.1 Å². The zero-order chi connectivity index (χ0) is 21.1. The van der Waals surface area contributed by atoms with Crippen LogP contribution in [0.2, 0.25) is 0 Å². The number of benzene rings is 2. The van der Waals surface area contributed by atoms with Crippen LogP contribution >= 0.6 is 0 Å². The van der Waals surface area contributed by atoms with Gasteiger partial charge in [0.15, 0.2) is 11.6 Å². The lowest BCUT2D eigenvalue weighted by Gasteiger charge is -2.23. The molecule has 0 bridgehead atoms. The van der Waals surface area contributed by atoms with Gasteiger partial charge in [-0.05, 0) is 62.3 Å². The van der Waals surface area contributed by atoms with Gasteiger partial charge in [-0.3, -0.25) is 4.90 Å². The molecule has 1 aliphatic rings. The van der Waals surface area contributed by atoms with Gasteiger partial charge in [0.25, 0.3) is 0 Å². The van der Waals surface area contributed by atoms with Crippen molar-refractivity contribution < 1.29 is 13.2 Å². The molecule has 4 nitrogen and oxygen atoms in total. The van der Waals surface area contributed by atoms with Gasteiger partial charge in [0.1, 0.15) is 5.82 Å². The van der Waals surface area contributed by atoms with Crippen molar-refractivity contribution in [2.75, 3.05) is 24.6 Å². The molecule has 3 rings (SSSR count). The molecule has 1 unspecified atom stereocenters. The van der Waals surface area contributed by atoms with Crippen LogP contribution in [0, 0.1) is 22.9 Å². The lowest BCUT2D eigenvalue weighted by Crippen LogP contribution is -2.29. The first-order valence-corrected chi connectivity index (χ1v) is 9.23. The first-order chi connectivity index (χ1) is 13.8. The highest BCUT2D eigenvalue weighted by Crippen LogP contribution is 2.27. The van der Waals surface area contributed by atoms with Gasteiger partial charge in [-0.25, -0.2) is 13.2 Å². The van der Waals surface area contributed by atoms with Crippen molar-refractivity contribution in [1.29, 1.82) is 5.41 Å². The fourth-order valence-corrected chi connectivity index (χ4v) is 3.41. The van der Waals surface area contributed by atoms with Crippen LogP contribution in [-0.2, 0) is 0 Å². The summed E-state index contributed by atoms with van der Waals surface area (Å²) in [5.41, 5.74) is 7.60. The van der Waals surface area contributed by atoms with E-state index >= 15 is 0 Å². The fraction of sp³-hybridized carbons (Fsp3) is 0.227. The third-order valence-electron chi connectivity index (χ3n) is 5.03. The molecule has 1 aliphatic heterocycles. The highest BCUT2D eigenvalue weighted by Gasteiger charge is 2.24. The minimum absolute atomic E-state index is 0.0129. The van der Waals surface area contributed by atoms with Crippen molar-refractivity contribution in [3.63, 3.8) is 0 Å². The third kappa shape index (κ3) is 4.68. The molecular formula is C22H23F3N4. The highest BCUT2D eigenvalue weighted by atomic mass is 19.2. The molecule has 0 amide bonds.